The van der Waals surface area contributed by atoms with Crippen molar-refractivity contribution in [2.24, 2.45) is 5.73 Å². The summed E-state index contributed by atoms with van der Waals surface area (Å²) in [5, 5.41) is 3.55. The number of imidazole rings is 1. The Kier molecular flexibility index (Phi) is 5.26. The Morgan fingerprint density at radius 1 is 0.943 bits per heavy atom. The molecule has 3 N–H and O–H groups in total. The van der Waals surface area contributed by atoms with E-state index in [0.29, 0.717) is 18.0 Å². The number of hydrogen-bond donors (Lipinski definition) is 2. The maximum Gasteiger partial charge on any atom is 0.248 e. The SMILES string of the molecule is NC(=O)c1cccc(Cc2ccn3c(-c4cc(NC5CC5)nc(-c5ccccc5)c4)cnc3c2)c1. The van der Waals surface area contributed by atoms with E-state index in [1.165, 1.54) is 12.8 Å². The number of anilines is 1. The summed E-state index contributed by atoms with van der Waals surface area (Å²) in [7, 11) is 0. The van der Waals surface area contributed by atoms with Crippen LogP contribution in [0.4, 0.5) is 5.82 Å². The number of fused-ring (bicyclic) bond motifs is 1. The molecule has 1 aliphatic rings. The summed E-state index contributed by atoms with van der Waals surface area (Å²) in [5.41, 5.74) is 13.1. The lowest BCUT2D eigenvalue weighted by molar-refractivity contribution is 0.1000. The van der Waals surface area contributed by atoms with Crippen LogP contribution in [-0.2, 0) is 6.42 Å². The van der Waals surface area contributed by atoms with E-state index in [2.05, 4.69) is 52.3 Å². The van der Waals surface area contributed by atoms with Crippen LogP contribution in [0, 0.1) is 0 Å². The van der Waals surface area contributed by atoms with Gasteiger partial charge in [0.2, 0.25) is 5.91 Å². The largest absolute Gasteiger partial charge is 0.367 e. The molecular formula is C29H25N5O. The van der Waals surface area contributed by atoms with E-state index in [1.54, 1.807) is 6.07 Å². The molecule has 1 fully saturated rings. The number of nitrogens with one attached hydrogen (secondary N) is 1. The molecule has 0 unspecified atom stereocenters. The number of hydrogen-bond acceptors (Lipinski definition) is 4. The zero-order chi connectivity index (χ0) is 23.8. The van der Waals surface area contributed by atoms with Gasteiger partial charge in [0.15, 0.2) is 0 Å². The first kappa shape index (κ1) is 21.1. The highest BCUT2D eigenvalue weighted by atomic mass is 16.1. The summed E-state index contributed by atoms with van der Waals surface area (Å²) in [6.07, 6.45) is 7.04. The highest BCUT2D eigenvalue weighted by Crippen LogP contribution is 2.31. The van der Waals surface area contributed by atoms with Gasteiger partial charge in [-0.05, 0) is 66.8 Å². The van der Waals surface area contributed by atoms with Crippen molar-refractivity contribution < 1.29 is 4.79 Å². The number of primary amides is 1. The Labute approximate surface area is 203 Å². The average molecular weight is 460 g/mol. The zero-order valence-electron chi connectivity index (χ0n) is 19.2. The fourth-order valence-electron chi connectivity index (χ4n) is 4.36. The van der Waals surface area contributed by atoms with E-state index < -0.39 is 5.91 Å². The van der Waals surface area contributed by atoms with Crippen LogP contribution < -0.4 is 11.1 Å². The van der Waals surface area contributed by atoms with Gasteiger partial charge in [-0.3, -0.25) is 9.20 Å². The van der Waals surface area contributed by atoms with Gasteiger partial charge < -0.3 is 11.1 Å². The molecule has 3 heterocycles. The molecule has 0 spiro atoms. The van der Waals surface area contributed by atoms with Crippen LogP contribution in [0.25, 0.3) is 28.2 Å². The number of rotatable bonds is 7. The molecule has 0 saturated heterocycles. The highest BCUT2D eigenvalue weighted by Gasteiger charge is 2.22. The van der Waals surface area contributed by atoms with Crippen molar-refractivity contribution in [3.8, 4) is 22.5 Å². The second-order valence-corrected chi connectivity index (χ2v) is 9.06. The third kappa shape index (κ3) is 4.51. The van der Waals surface area contributed by atoms with Crippen LogP contribution in [0.1, 0.15) is 34.3 Å². The lowest BCUT2D eigenvalue weighted by Crippen LogP contribution is -2.11. The second-order valence-electron chi connectivity index (χ2n) is 9.06. The zero-order valence-corrected chi connectivity index (χ0v) is 19.2. The number of benzene rings is 2. The molecule has 0 aliphatic heterocycles. The Hall–Kier alpha value is -4.45. The van der Waals surface area contributed by atoms with Gasteiger partial charge in [0.25, 0.3) is 0 Å². The second kappa shape index (κ2) is 8.72. The summed E-state index contributed by atoms with van der Waals surface area (Å²) in [5.74, 6) is 0.479. The van der Waals surface area contributed by atoms with Gasteiger partial charge in [-0.1, -0.05) is 42.5 Å². The lowest BCUT2D eigenvalue weighted by atomic mass is 10.0. The minimum Gasteiger partial charge on any atom is -0.367 e. The predicted octanol–water partition coefficient (Wildman–Crippen LogP) is 5.33. The Morgan fingerprint density at radius 2 is 1.77 bits per heavy atom. The predicted molar refractivity (Wildman–Crippen MR) is 138 cm³/mol. The van der Waals surface area contributed by atoms with Gasteiger partial charge in [0, 0.05) is 28.9 Å². The first-order valence-electron chi connectivity index (χ1n) is 11.8. The Balaban J connectivity index is 1.35. The molecule has 172 valence electrons. The fraction of sp³-hybridized carbons (Fsp3) is 0.138. The Morgan fingerprint density at radius 3 is 2.57 bits per heavy atom. The van der Waals surface area contributed by atoms with Crippen molar-refractivity contribution in [3.05, 3.63) is 108 Å². The fourth-order valence-corrected chi connectivity index (χ4v) is 4.36. The minimum absolute atomic E-state index is 0.414. The standard InChI is InChI=1S/C29H25N5O/c30-29(35)22-8-4-5-19(14-22)13-20-11-12-34-26(18-31-28(34)15-20)23-16-25(21-6-2-1-3-7-21)33-27(17-23)32-24-9-10-24/h1-8,11-12,14-18,24H,9-10,13H2,(H2,30,35)(H,32,33). The molecule has 6 nitrogen and oxygen atoms in total. The van der Waals surface area contributed by atoms with Crippen LogP contribution in [0.5, 0.6) is 0 Å². The number of nitrogens with two attached hydrogens (primary N) is 1. The average Bonchev–Trinajstić information content (AvgIpc) is 3.59. The molecule has 1 amide bonds. The number of amides is 1. The van der Waals surface area contributed by atoms with Gasteiger partial charge in [-0.25, -0.2) is 9.97 Å². The summed E-state index contributed by atoms with van der Waals surface area (Å²) in [4.78, 5) is 21.1. The molecule has 0 radical (unpaired) electrons. The lowest BCUT2D eigenvalue weighted by Gasteiger charge is -2.11. The van der Waals surface area contributed by atoms with Gasteiger partial charge in [-0.2, -0.15) is 0 Å². The van der Waals surface area contributed by atoms with Crippen LogP contribution in [0.2, 0.25) is 0 Å². The van der Waals surface area contributed by atoms with Gasteiger partial charge in [-0.15, -0.1) is 0 Å². The molecule has 1 aliphatic carbocycles. The van der Waals surface area contributed by atoms with E-state index in [9.17, 15) is 4.79 Å². The quantitative estimate of drug-likeness (QED) is 0.345. The monoisotopic (exact) mass is 459 g/mol. The number of carbonyl (C=O) groups is 1. The molecule has 5 aromatic rings. The van der Waals surface area contributed by atoms with Gasteiger partial charge in [0.05, 0.1) is 17.6 Å². The van der Waals surface area contributed by atoms with Crippen molar-refractivity contribution in [3.63, 3.8) is 0 Å². The first-order chi connectivity index (χ1) is 17.1. The normalized spacial score (nSPS) is 13.1. The van der Waals surface area contributed by atoms with Crippen molar-refractivity contribution >= 4 is 17.4 Å². The topological polar surface area (TPSA) is 85.3 Å². The molecule has 35 heavy (non-hydrogen) atoms. The summed E-state index contributed by atoms with van der Waals surface area (Å²) < 4.78 is 2.11. The summed E-state index contributed by atoms with van der Waals surface area (Å²) in [6, 6.07) is 26.6. The van der Waals surface area contributed by atoms with Crippen LogP contribution >= 0.6 is 0 Å². The van der Waals surface area contributed by atoms with Gasteiger partial charge in [0.1, 0.15) is 11.5 Å². The highest BCUT2D eigenvalue weighted by molar-refractivity contribution is 5.92. The van der Waals surface area contributed by atoms with E-state index in [0.717, 1.165) is 45.1 Å². The van der Waals surface area contributed by atoms with E-state index in [-0.39, 0.29) is 0 Å². The van der Waals surface area contributed by atoms with Crippen molar-refractivity contribution in [2.75, 3.05) is 5.32 Å². The van der Waals surface area contributed by atoms with Crippen LogP contribution in [0.3, 0.4) is 0 Å². The van der Waals surface area contributed by atoms with E-state index in [4.69, 9.17) is 15.7 Å². The number of aromatic nitrogens is 3. The van der Waals surface area contributed by atoms with Crippen LogP contribution in [0.15, 0.2) is 91.3 Å². The smallest absolute Gasteiger partial charge is 0.248 e. The molecule has 6 heteroatoms. The molecule has 0 bridgehead atoms. The van der Waals surface area contributed by atoms with Crippen molar-refractivity contribution in [2.45, 2.75) is 25.3 Å². The molecular weight excluding hydrogens is 434 g/mol. The molecule has 0 atom stereocenters. The van der Waals surface area contributed by atoms with Gasteiger partial charge >= 0.3 is 0 Å². The summed E-state index contributed by atoms with van der Waals surface area (Å²) >= 11 is 0. The number of pyridine rings is 2. The third-order valence-electron chi connectivity index (χ3n) is 6.32. The third-order valence-corrected chi connectivity index (χ3v) is 6.32. The molecule has 1 saturated carbocycles. The molecule has 6 rings (SSSR count). The van der Waals surface area contributed by atoms with Crippen molar-refractivity contribution in [1.29, 1.82) is 0 Å². The molecule has 2 aromatic carbocycles. The maximum atomic E-state index is 11.5. The molecule has 3 aromatic heterocycles. The summed E-state index contributed by atoms with van der Waals surface area (Å²) in [6.45, 7) is 0. The first-order valence-corrected chi connectivity index (χ1v) is 11.8. The van der Waals surface area contributed by atoms with E-state index >= 15 is 0 Å². The minimum atomic E-state index is -0.414. The van der Waals surface area contributed by atoms with Crippen LogP contribution in [-0.4, -0.2) is 26.3 Å². The Bertz CT molecular complexity index is 1540. The number of carbonyl (C=O) groups excluding carboxylic acids is 1. The van der Waals surface area contributed by atoms with Crippen molar-refractivity contribution in [1.82, 2.24) is 14.4 Å². The number of nitrogens with zero attached hydrogens (tertiary/aromatic N) is 3. The maximum absolute atomic E-state index is 11.5. The van der Waals surface area contributed by atoms with E-state index in [1.807, 2.05) is 42.6 Å².